The lowest BCUT2D eigenvalue weighted by atomic mass is 9.85. The van der Waals surface area contributed by atoms with Crippen LogP contribution in [0.4, 0.5) is 13.2 Å². The number of nitrogens with zero attached hydrogens (tertiary/aromatic N) is 4. The summed E-state index contributed by atoms with van der Waals surface area (Å²) in [7, 11) is 0. The number of alkyl halides is 3. The van der Waals surface area contributed by atoms with Gasteiger partial charge in [-0.3, -0.25) is 19.4 Å². The normalized spacial score (nSPS) is 28.7. The van der Waals surface area contributed by atoms with Gasteiger partial charge in [0.2, 0.25) is 0 Å². The molecule has 202 valence electrons. The number of aryl methyl sites for hydroxylation is 2. The summed E-state index contributed by atoms with van der Waals surface area (Å²) in [6.07, 6.45) is -1.43. The first-order valence-corrected chi connectivity index (χ1v) is 13.0. The van der Waals surface area contributed by atoms with E-state index in [4.69, 9.17) is 0 Å². The van der Waals surface area contributed by atoms with Crippen LogP contribution in [-0.4, -0.2) is 69.6 Å². The number of carbonyl (C=O) groups excluding carboxylic acids is 1. The summed E-state index contributed by atoms with van der Waals surface area (Å²) in [5.74, 6) is -0.395. The minimum Gasteiger partial charge on any atom is -0.625 e. The number of piperidine rings is 1. The van der Waals surface area contributed by atoms with Gasteiger partial charge in [0, 0.05) is 56.3 Å². The molecule has 1 unspecified atom stereocenters. The van der Waals surface area contributed by atoms with Crippen LogP contribution >= 0.6 is 0 Å². The molecule has 1 amide bonds. The largest absolute Gasteiger partial charge is 0.625 e. The second-order valence-corrected chi connectivity index (χ2v) is 11.1. The lowest BCUT2D eigenvalue weighted by molar-refractivity contribution is -0.806. The molecule has 0 spiro atoms. The van der Waals surface area contributed by atoms with Crippen molar-refractivity contribution in [3.05, 3.63) is 69.7 Å². The fourth-order valence-corrected chi connectivity index (χ4v) is 6.00. The molecule has 0 saturated carbocycles. The van der Waals surface area contributed by atoms with Crippen LogP contribution in [0.15, 0.2) is 36.5 Å². The first-order valence-electron chi connectivity index (χ1n) is 13.0. The molecule has 0 bridgehead atoms. The SMILES string of the molecule is Cc1ccnc(C)c1C(=O)[N+]1([O-])CCC(C)(N2CCN(C(C)c3ccc(C(F)(F)F)cc3)[C@@H](C)C2)CC1. The summed E-state index contributed by atoms with van der Waals surface area (Å²) in [6, 6.07) is 7.41. The maximum atomic E-state index is 13.6. The zero-order chi connectivity index (χ0) is 27.2. The predicted octanol–water partition coefficient (Wildman–Crippen LogP) is 5.49. The van der Waals surface area contributed by atoms with Crippen molar-refractivity contribution in [1.82, 2.24) is 14.8 Å². The zero-order valence-electron chi connectivity index (χ0n) is 22.3. The second kappa shape index (κ2) is 10.1. The summed E-state index contributed by atoms with van der Waals surface area (Å²) in [4.78, 5) is 22.3. The van der Waals surface area contributed by atoms with Crippen LogP contribution in [0.25, 0.3) is 0 Å². The number of hydroxylamine groups is 3. The Hall–Kier alpha value is -2.33. The summed E-state index contributed by atoms with van der Waals surface area (Å²) < 4.78 is 38.0. The molecule has 2 aromatic rings. The molecule has 0 N–H and O–H groups in total. The molecule has 4 rings (SSSR count). The lowest BCUT2D eigenvalue weighted by Crippen LogP contribution is -2.65. The Labute approximate surface area is 217 Å². The number of halogens is 3. The van der Waals surface area contributed by atoms with E-state index in [1.54, 1.807) is 31.3 Å². The van der Waals surface area contributed by atoms with Gasteiger partial charge < -0.3 is 5.21 Å². The monoisotopic (exact) mass is 518 g/mol. The van der Waals surface area contributed by atoms with Crippen LogP contribution < -0.4 is 0 Å². The van der Waals surface area contributed by atoms with Gasteiger partial charge in [-0.1, -0.05) is 12.1 Å². The van der Waals surface area contributed by atoms with Gasteiger partial charge in [-0.15, -0.1) is 0 Å². The average molecular weight is 519 g/mol. The summed E-state index contributed by atoms with van der Waals surface area (Å²) in [5, 5.41) is 13.6. The van der Waals surface area contributed by atoms with Crippen molar-refractivity contribution in [2.24, 2.45) is 0 Å². The molecule has 2 aliphatic heterocycles. The van der Waals surface area contributed by atoms with Crippen molar-refractivity contribution in [2.75, 3.05) is 32.7 Å². The molecule has 37 heavy (non-hydrogen) atoms. The molecule has 1 aromatic carbocycles. The minimum atomic E-state index is -4.34. The van der Waals surface area contributed by atoms with E-state index in [-0.39, 0.29) is 30.7 Å². The first-order chi connectivity index (χ1) is 17.2. The van der Waals surface area contributed by atoms with Gasteiger partial charge in [0.15, 0.2) is 0 Å². The van der Waals surface area contributed by atoms with Crippen LogP contribution in [0.1, 0.15) is 72.4 Å². The van der Waals surface area contributed by atoms with E-state index in [2.05, 4.69) is 28.6 Å². The van der Waals surface area contributed by atoms with Crippen molar-refractivity contribution in [2.45, 2.75) is 71.3 Å². The lowest BCUT2D eigenvalue weighted by Gasteiger charge is -2.55. The highest BCUT2D eigenvalue weighted by Crippen LogP contribution is 2.37. The predicted molar refractivity (Wildman–Crippen MR) is 137 cm³/mol. The fourth-order valence-electron chi connectivity index (χ4n) is 6.00. The quantitative estimate of drug-likeness (QED) is 0.396. The number of hydrogen-bond acceptors (Lipinski definition) is 5. The molecule has 0 radical (unpaired) electrons. The van der Waals surface area contributed by atoms with Gasteiger partial charge in [-0.2, -0.15) is 13.2 Å². The number of benzene rings is 1. The molecule has 6 nitrogen and oxygen atoms in total. The number of likely N-dealkylation sites (tertiary alicyclic amines) is 1. The molecule has 3 heterocycles. The minimum absolute atomic E-state index is 0.00636. The van der Waals surface area contributed by atoms with Crippen LogP contribution in [0.3, 0.4) is 0 Å². The highest BCUT2D eigenvalue weighted by molar-refractivity contribution is 5.91. The van der Waals surface area contributed by atoms with E-state index in [0.717, 1.165) is 42.9 Å². The Morgan fingerprint density at radius 2 is 1.76 bits per heavy atom. The van der Waals surface area contributed by atoms with Crippen LogP contribution in [0.5, 0.6) is 0 Å². The Morgan fingerprint density at radius 3 is 2.30 bits per heavy atom. The van der Waals surface area contributed by atoms with Crippen LogP contribution in [0, 0.1) is 19.1 Å². The summed E-state index contributed by atoms with van der Waals surface area (Å²) >= 11 is 0. The van der Waals surface area contributed by atoms with E-state index in [1.165, 1.54) is 0 Å². The van der Waals surface area contributed by atoms with Crippen molar-refractivity contribution in [1.29, 1.82) is 0 Å². The molecule has 0 aliphatic carbocycles. The van der Waals surface area contributed by atoms with Gasteiger partial charge in [0.05, 0.1) is 24.3 Å². The van der Waals surface area contributed by atoms with Gasteiger partial charge in [-0.05, 0) is 63.9 Å². The number of piperazine rings is 1. The van der Waals surface area contributed by atoms with Crippen LogP contribution in [0.2, 0.25) is 0 Å². The molecule has 2 atom stereocenters. The Morgan fingerprint density at radius 1 is 1.14 bits per heavy atom. The van der Waals surface area contributed by atoms with Gasteiger partial charge >= 0.3 is 12.1 Å². The van der Waals surface area contributed by atoms with Crippen LogP contribution in [-0.2, 0) is 6.18 Å². The average Bonchev–Trinajstić information content (AvgIpc) is 2.85. The van der Waals surface area contributed by atoms with E-state index in [9.17, 15) is 23.2 Å². The third-order valence-corrected chi connectivity index (χ3v) is 8.62. The molecule has 2 aliphatic rings. The van der Waals surface area contributed by atoms with Crippen molar-refractivity contribution >= 4 is 5.91 Å². The van der Waals surface area contributed by atoms with E-state index in [0.29, 0.717) is 24.1 Å². The van der Waals surface area contributed by atoms with Crippen molar-refractivity contribution in [3.63, 3.8) is 0 Å². The molecular weight excluding hydrogens is 481 g/mol. The number of hydrogen-bond donors (Lipinski definition) is 0. The number of rotatable bonds is 4. The van der Waals surface area contributed by atoms with Gasteiger partial charge in [0.25, 0.3) is 0 Å². The maximum Gasteiger partial charge on any atom is 0.416 e. The zero-order valence-corrected chi connectivity index (χ0v) is 22.3. The number of aromatic nitrogens is 1. The smallest absolute Gasteiger partial charge is 0.416 e. The Kier molecular flexibility index (Phi) is 7.56. The van der Waals surface area contributed by atoms with Gasteiger partial charge in [0.1, 0.15) is 5.56 Å². The third kappa shape index (κ3) is 5.46. The second-order valence-electron chi connectivity index (χ2n) is 11.1. The fraction of sp³-hybridized carbons (Fsp3) is 0.571. The maximum absolute atomic E-state index is 13.6. The van der Waals surface area contributed by atoms with E-state index >= 15 is 0 Å². The number of carbonyl (C=O) groups is 1. The first kappa shape index (κ1) is 27.7. The summed E-state index contributed by atoms with van der Waals surface area (Å²) in [5.41, 5.74) is 1.88. The Bertz CT molecular complexity index is 1110. The molecule has 9 heteroatoms. The summed E-state index contributed by atoms with van der Waals surface area (Å²) in [6.45, 7) is 12.8. The highest BCUT2D eigenvalue weighted by atomic mass is 19.4. The molecule has 2 fully saturated rings. The number of quaternary nitrogens is 1. The van der Waals surface area contributed by atoms with Crippen molar-refractivity contribution in [3.8, 4) is 0 Å². The standard InChI is InChI=1S/C28H37F3N4O2/c1-19-10-13-32-21(3)25(19)26(36)35(37)16-11-27(5,12-17-35)33-14-15-34(20(2)18-33)22(4)23-6-8-24(9-7-23)28(29,30)31/h6-10,13,20,22H,11-12,14-18H2,1-5H3/t20-,22?,27?,35?/m0/s1. The third-order valence-electron chi connectivity index (χ3n) is 8.62. The Balaban J connectivity index is 1.39. The molecule has 2 saturated heterocycles. The van der Waals surface area contributed by atoms with E-state index < -0.39 is 22.3 Å². The van der Waals surface area contributed by atoms with Gasteiger partial charge in [-0.25, -0.2) is 4.79 Å². The topological polar surface area (TPSA) is 59.5 Å². The van der Waals surface area contributed by atoms with E-state index in [1.807, 2.05) is 13.8 Å². The number of pyridine rings is 1. The van der Waals surface area contributed by atoms with Crippen molar-refractivity contribution < 1.29 is 22.6 Å². The highest BCUT2D eigenvalue weighted by Gasteiger charge is 2.45. The molecule has 1 aromatic heterocycles. The number of amides is 1. The molecular formula is C28H37F3N4O2.